The number of hydrogen-bond acceptors (Lipinski definition) is 7. The molecule has 2 amide bonds. The predicted octanol–water partition coefficient (Wildman–Crippen LogP) is 5.84. The highest BCUT2D eigenvalue weighted by Gasteiger charge is 2.35. The largest absolute Gasteiger partial charge is 0.495 e. The summed E-state index contributed by atoms with van der Waals surface area (Å²) in [5.41, 5.74) is -0.737. The van der Waals surface area contributed by atoms with Crippen LogP contribution in [0.4, 0.5) is 23.2 Å². The minimum Gasteiger partial charge on any atom is -0.495 e. The Labute approximate surface area is 240 Å². The molecular weight excluding hydrogens is 586 g/mol. The van der Waals surface area contributed by atoms with Gasteiger partial charge < -0.3 is 15.2 Å². The Balaban J connectivity index is 1.45. The Kier molecular flexibility index (Phi) is 8.73. The van der Waals surface area contributed by atoms with Gasteiger partial charge in [-0.1, -0.05) is 30.0 Å². The highest BCUT2D eigenvalue weighted by atomic mass is 32.2. The maximum atomic E-state index is 13.7. The van der Waals surface area contributed by atoms with E-state index in [1.54, 1.807) is 6.07 Å². The standard InChI is InChI=1S/C27H19F4N3O5S2/c1-39-21-12-15(25(37)38)6-8-20(21)33-23(35)9-10-34-24(36)22(41-26(34)40)13-16-3-2-4-19(32-16)14-5-7-18(28)17(11-14)27(29,30)31/h2-8,11-13H,9-10H2,1H3,(H,33,35)(H,37,38). The molecule has 1 saturated heterocycles. The number of amides is 2. The quantitative estimate of drug-likeness (QED) is 0.187. The van der Waals surface area contributed by atoms with Crippen molar-refractivity contribution in [2.75, 3.05) is 19.0 Å². The first-order valence-corrected chi connectivity index (χ1v) is 12.9. The first-order chi connectivity index (χ1) is 19.4. The van der Waals surface area contributed by atoms with Gasteiger partial charge in [0, 0.05) is 18.5 Å². The lowest BCUT2D eigenvalue weighted by atomic mass is 10.1. The van der Waals surface area contributed by atoms with Gasteiger partial charge in [-0.2, -0.15) is 13.2 Å². The maximum Gasteiger partial charge on any atom is 0.419 e. The molecule has 1 aliphatic heterocycles. The Hall–Kier alpha value is -4.30. The summed E-state index contributed by atoms with van der Waals surface area (Å²) in [6, 6.07) is 11.1. The summed E-state index contributed by atoms with van der Waals surface area (Å²) in [6.45, 7) is -0.0490. The van der Waals surface area contributed by atoms with Gasteiger partial charge >= 0.3 is 12.1 Å². The van der Waals surface area contributed by atoms with E-state index in [1.165, 1.54) is 54.5 Å². The third-order valence-electron chi connectivity index (χ3n) is 5.78. The molecular formula is C27H19F4N3O5S2. The van der Waals surface area contributed by atoms with Gasteiger partial charge in [-0.3, -0.25) is 14.5 Å². The second-order valence-electron chi connectivity index (χ2n) is 8.49. The number of halogens is 4. The van der Waals surface area contributed by atoms with Crippen LogP contribution in [0.5, 0.6) is 5.75 Å². The minimum absolute atomic E-state index is 0.0204. The highest BCUT2D eigenvalue weighted by molar-refractivity contribution is 8.26. The van der Waals surface area contributed by atoms with E-state index in [2.05, 4.69) is 10.3 Å². The zero-order valence-electron chi connectivity index (χ0n) is 21.0. The molecule has 0 atom stereocenters. The number of anilines is 1. The lowest BCUT2D eigenvalue weighted by Gasteiger charge is -2.15. The Morgan fingerprint density at radius 3 is 2.61 bits per heavy atom. The highest BCUT2D eigenvalue weighted by Crippen LogP contribution is 2.35. The maximum absolute atomic E-state index is 13.7. The molecule has 4 rings (SSSR count). The van der Waals surface area contributed by atoms with Gasteiger partial charge in [-0.15, -0.1) is 0 Å². The van der Waals surface area contributed by atoms with Crippen LogP contribution in [-0.2, 0) is 15.8 Å². The van der Waals surface area contributed by atoms with E-state index in [0.717, 1.165) is 17.8 Å². The van der Waals surface area contributed by atoms with E-state index >= 15 is 0 Å². The van der Waals surface area contributed by atoms with Crippen molar-refractivity contribution in [1.82, 2.24) is 9.88 Å². The molecule has 1 aromatic heterocycles. The number of carbonyl (C=O) groups is 3. The number of thiocarbonyl (C=S) groups is 1. The molecule has 0 spiro atoms. The van der Waals surface area contributed by atoms with Crippen LogP contribution < -0.4 is 10.1 Å². The first kappa shape index (κ1) is 29.7. The number of nitrogens with one attached hydrogen (secondary N) is 1. The van der Waals surface area contributed by atoms with Gasteiger partial charge in [0.25, 0.3) is 5.91 Å². The number of alkyl halides is 3. The van der Waals surface area contributed by atoms with Crippen LogP contribution in [0.3, 0.4) is 0 Å². The van der Waals surface area contributed by atoms with Crippen LogP contribution in [0.2, 0.25) is 0 Å². The topological polar surface area (TPSA) is 109 Å². The molecule has 1 aliphatic rings. The summed E-state index contributed by atoms with van der Waals surface area (Å²) in [6.07, 6.45) is -3.59. The summed E-state index contributed by atoms with van der Waals surface area (Å²) in [7, 11) is 1.33. The molecule has 41 heavy (non-hydrogen) atoms. The number of aromatic carboxylic acids is 1. The number of hydrogen-bond donors (Lipinski definition) is 2. The van der Waals surface area contributed by atoms with E-state index in [-0.39, 0.29) is 56.1 Å². The number of methoxy groups -OCH3 is 1. The van der Waals surface area contributed by atoms with Crippen LogP contribution in [-0.4, -0.2) is 50.7 Å². The van der Waals surface area contributed by atoms with E-state index < -0.39 is 35.3 Å². The summed E-state index contributed by atoms with van der Waals surface area (Å²) in [4.78, 5) is 42.4. The van der Waals surface area contributed by atoms with Crippen molar-refractivity contribution >= 4 is 57.8 Å². The van der Waals surface area contributed by atoms with Crippen molar-refractivity contribution < 1.29 is 41.8 Å². The average Bonchev–Trinajstić information content (AvgIpc) is 3.18. The fourth-order valence-electron chi connectivity index (χ4n) is 3.78. The van der Waals surface area contributed by atoms with Gasteiger partial charge in [0.05, 0.1) is 40.2 Å². The Morgan fingerprint density at radius 2 is 1.93 bits per heavy atom. The molecule has 0 bridgehead atoms. The van der Waals surface area contributed by atoms with Crippen molar-refractivity contribution in [3.05, 3.63) is 82.1 Å². The van der Waals surface area contributed by atoms with Crippen LogP contribution in [0, 0.1) is 5.82 Å². The molecule has 2 aromatic carbocycles. The number of rotatable bonds is 8. The molecule has 2 heterocycles. The monoisotopic (exact) mass is 605 g/mol. The van der Waals surface area contributed by atoms with Crippen LogP contribution >= 0.6 is 24.0 Å². The second-order valence-corrected chi connectivity index (χ2v) is 10.2. The lowest BCUT2D eigenvalue weighted by molar-refractivity contribution is -0.140. The number of nitrogens with zero attached hydrogens (tertiary/aromatic N) is 2. The summed E-state index contributed by atoms with van der Waals surface area (Å²) in [5.74, 6) is -3.36. The predicted molar refractivity (Wildman–Crippen MR) is 148 cm³/mol. The van der Waals surface area contributed by atoms with Crippen LogP contribution in [0.25, 0.3) is 17.3 Å². The number of pyridine rings is 1. The molecule has 0 unspecified atom stereocenters. The van der Waals surface area contributed by atoms with Gasteiger partial charge in [0.2, 0.25) is 5.91 Å². The number of thioether (sulfide) groups is 1. The average molecular weight is 606 g/mol. The lowest BCUT2D eigenvalue weighted by Crippen LogP contribution is -2.31. The zero-order chi connectivity index (χ0) is 29.9. The first-order valence-electron chi connectivity index (χ1n) is 11.7. The van der Waals surface area contributed by atoms with E-state index in [4.69, 9.17) is 22.1 Å². The number of aromatic nitrogens is 1. The minimum atomic E-state index is -4.88. The molecule has 3 aromatic rings. The zero-order valence-corrected chi connectivity index (χ0v) is 22.6. The molecule has 8 nitrogen and oxygen atoms in total. The van der Waals surface area contributed by atoms with Gasteiger partial charge in [0.1, 0.15) is 15.9 Å². The van der Waals surface area contributed by atoms with Crippen LogP contribution in [0.1, 0.15) is 28.0 Å². The van der Waals surface area contributed by atoms with Crippen molar-refractivity contribution in [3.8, 4) is 17.0 Å². The van der Waals surface area contributed by atoms with E-state index in [1.807, 2.05) is 0 Å². The molecule has 0 radical (unpaired) electrons. The summed E-state index contributed by atoms with van der Waals surface area (Å²) >= 11 is 6.27. The second kappa shape index (κ2) is 12.1. The third kappa shape index (κ3) is 6.89. The molecule has 14 heteroatoms. The summed E-state index contributed by atoms with van der Waals surface area (Å²) in [5, 5.41) is 11.7. The SMILES string of the molecule is COc1cc(C(=O)O)ccc1NC(=O)CCN1C(=O)C(=Cc2cccc(-c3ccc(F)c(C(F)(F)F)c3)n2)SC1=S. The smallest absolute Gasteiger partial charge is 0.419 e. The van der Waals surface area contributed by atoms with Crippen molar-refractivity contribution in [3.63, 3.8) is 0 Å². The molecule has 0 aliphatic carbocycles. The van der Waals surface area contributed by atoms with Crippen molar-refractivity contribution in [2.24, 2.45) is 0 Å². The van der Waals surface area contributed by atoms with Crippen molar-refractivity contribution in [2.45, 2.75) is 12.6 Å². The van der Waals surface area contributed by atoms with Gasteiger partial charge in [-0.25, -0.2) is 14.2 Å². The third-order valence-corrected chi connectivity index (χ3v) is 7.15. The molecule has 2 N–H and O–H groups in total. The Morgan fingerprint density at radius 1 is 1.17 bits per heavy atom. The fourth-order valence-corrected chi connectivity index (χ4v) is 5.07. The number of carbonyl (C=O) groups excluding carboxylic acids is 2. The van der Waals surface area contributed by atoms with E-state index in [9.17, 15) is 31.9 Å². The number of benzene rings is 2. The van der Waals surface area contributed by atoms with Crippen LogP contribution in [0.15, 0.2) is 59.5 Å². The number of carboxylic acids is 1. The van der Waals surface area contributed by atoms with Crippen molar-refractivity contribution in [1.29, 1.82) is 0 Å². The molecule has 0 saturated carbocycles. The number of carboxylic acid groups (broad SMARTS) is 1. The molecule has 212 valence electrons. The normalized spacial score (nSPS) is 14.5. The fraction of sp³-hybridized carbons (Fsp3) is 0.148. The number of ether oxygens (including phenoxy) is 1. The Bertz CT molecular complexity index is 1590. The van der Waals surface area contributed by atoms with Gasteiger partial charge in [-0.05, 0) is 54.6 Å². The van der Waals surface area contributed by atoms with E-state index in [0.29, 0.717) is 6.07 Å². The van der Waals surface area contributed by atoms with Gasteiger partial charge in [0.15, 0.2) is 0 Å². The summed E-state index contributed by atoms with van der Waals surface area (Å²) < 4.78 is 58.4. The molecule has 1 fully saturated rings.